The molecule has 2 aromatic rings. The molecular formula is C18H21F3N4S. The Morgan fingerprint density at radius 3 is 2.62 bits per heavy atom. The van der Waals surface area contributed by atoms with Gasteiger partial charge < -0.3 is 4.90 Å². The van der Waals surface area contributed by atoms with Crippen LogP contribution in [0.2, 0.25) is 0 Å². The van der Waals surface area contributed by atoms with Crippen molar-refractivity contribution in [1.29, 1.82) is 0 Å². The van der Waals surface area contributed by atoms with E-state index in [0.717, 1.165) is 32.1 Å². The van der Waals surface area contributed by atoms with E-state index >= 15 is 0 Å². The van der Waals surface area contributed by atoms with E-state index in [9.17, 15) is 13.2 Å². The molecule has 0 aliphatic carbocycles. The predicted octanol–water partition coefficient (Wildman–Crippen LogP) is 3.93. The molecule has 0 saturated carbocycles. The molecule has 1 aromatic heterocycles. The highest BCUT2D eigenvalue weighted by atomic mass is 32.2. The van der Waals surface area contributed by atoms with E-state index in [-0.39, 0.29) is 12.0 Å². The van der Waals surface area contributed by atoms with Gasteiger partial charge in [0.05, 0.1) is 0 Å². The molecule has 1 saturated heterocycles. The first-order chi connectivity index (χ1) is 12.4. The highest BCUT2D eigenvalue weighted by Crippen LogP contribution is 2.29. The lowest BCUT2D eigenvalue weighted by Gasteiger charge is -2.25. The van der Waals surface area contributed by atoms with Gasteiger partial charge in [0.25, 0.3) is 0 Å². The SMILES string of the molecule is CSc1ccc(CN2CCC(N(C)c3nccc(C(F)(F)F)n3)C2)cc1. The second-order valence-electron chi connectivity index (χ2n) is 6.38. The molecule has 1 atom stereocenters. The summed E-state index contributed by atoms with van der Waals surface area (Å²) in [5, 5.41) is 0. The lowest BCUT2D eigenvalue weighted by Crippen LogP contribution is -2.35. The molecule has 8 heteroatoms. The van der Waals surface area contributed by atoms with Gasteiger partial charge in [-0.2, -0.15) is 13.2 Å². The zero-order valence-electron chi connectivity index (χ0n) is 14.7. The highest BCUT2D eigenvalue weighted by Gasteiger charge is 2.34. The summed E-state index contributed by atoms with van der Waals surface area (Å²) in [6.45, 7) is 2.51. The quantitative estimate of drug-likeness (QED) is 0.732. The Morgan fingerprint density at radius 2 is 1.96 bits per heavy atom. The summed E-state index contributed by atoms with van der Waals surface area (Å²) in [5.74, 6) is 0.121. The third-order valence-electron chi connectivity index (χ3n) is 4.61. The van der Waals surface area contributed by atoms with Crippen molar-refractivity contribution >= 4 is 17.7 Å². The van der Waals surface area contributed by atoms with Gasteiger partial charge in [-0.25, -0.2) is 9.97 Å². The van der Waals surface area contributed by atoms with E-state index in [1.54, 1.807) is 23.7 Å². The van der Waals surface area contributed by atoms with Gasteiger partial charge in [-0.3, -0.25) is 4.90 Å². The number of likely N-dealkylation sites (N-methyl/N-ethyl adjacent to an activating group) is 1. The highest BCUT2D eigenvalue weighted by molar-refractivity contribution is 7.98. The first kappa shape index (κ1) is 19.0. The molecule has 140 valence electrons. The van der Waals surface area contributed by atoms with E-state index < -0.39 is 11.9 Å². The van der Waals surface area contributed by atoms with Gasteiger partial charge in [-0.05, 0) is 36.4 Å². The number of rotatable bonds is 5. The molecule has 1 aliphatic rings. The normalized spacial score (nSPS) is 18.3. The first-order valence-electron chi connectivity index (χ1n) is 8.35. The van der Waals surface area contributed by atoms with Gasteiger partial charge in [0, 0.05) is 43.8 Å². The van der Waals surface area contributed by atoms with Crippen LogP contribution in [0.3, 0.4) is 0 Å². The molecule has 0 amide bonds. The Kier molecular flexibility index (Phi) is 5.72. The molecule has 0 bridgehead atoms. The maximum Gasteiger partial charge on any atom is 0.433 e. The molecule has 1 aliphatic heterocycles. The number of alkyl halides is 3. The van der Waals surface area contributed by atoms with Crippen molar-refractivity contribution < 1.29 is 13.2 Å². The van der Waals surface area contributed by atoms with E-state index in [0.29, 0.717) is 0 Å². The molecule has 1 fully saturated rings. The summed E-state index contributed by atoms with van der Waals surface area (Å²) in [6.07, 6.45) is -0.365. The third kappa shape index (κ3) is 4.48. The number of nitrogens with zero attached hydrogens (tertiary/aromatic N) is 4. The molecule has 0 N–H and O–H groups in total. The van der Waals surface area contributed by atoms with Crippen molar-refractivity contribution in [3.8, 4) is 0 Å². The van der Waals surface area contributed by atoms with E-state index in [2.05, 4.69) is 39.1 Å². The van der Waals surface area contributed by atoms with Crippen LogP contribution in [0.25, 0.3) is 0 Å². The number of anilines is 1. The van der Waals surface area contributed by atoms with E-state index in [1.807, 2.05) is 6.26 Å². The largest absolute Gasteiger partial charge is 0.433 e. The van der Waals surface area contributed by atoms with Crippen LogP contribution in [0.5, 0.6) is 0 Å². The zero-order valence-corrected chi connectivity index (χ0v) is 15.5. The molecule has 0 radical (unpaired) electrons. The van der Waals surface area contributed by atoms with Crippen LogP contribution in [0.1, 0.15) is 17.7 Å². The van der Waals surface area contributed by atoms with Crippen LogP contribution in [-0.2, 0) is 12.7 Å². The van der Waals surface area contributed by atoms with Gasteiger partial charge in [-0.15, -0.1) is 11.8 Å². The van der Waals surface area contributed by atoms with Crippen LogP contribution in [-0.4, -0.2) is 47.3 Å². The standard InChI is InChI=1S/C18H21F3N4S/c1-24(17-22-9-7-16(23-17)18(19,20)21)14-8-10-25(12-14)11-13-3-5-15(26-2)6-4-13/h3-7,9,14H,8,10-12H2,1-2H3. The monoisotopic (exact) mass is 382 g/mol. The van der Waals surface area contributed by atoms with Gasteiger partial charge in [0.15, 0.2) is 0 Å². The first-order valence-corrected chi connectivity index (χ1v) is 9.57. The summed E-state index contributed by atoms with van der Waals surface area (Å²) in [6, 6.07) is 9.46. The number of hydrogen-bond acceptors (Lipinski definition) is 5. The number of benzene rings is 1. The Hall–Kier alpha value is -1.80. The van der Waals surface area contributed by atoms with Crippen LogP contribution in [0.15, 0.2) is 41.4 Å². The predicted molar refractivity (Wildman–Crippen MR) is 97.3 cm³/mol. The van der Waals surface area contributed by atoms with E-state index in [4.69, 9.17) is 0 Å². The summed E-state index contributed by atoms with van der Waals surface area (Å²) in [7, 11) is 1.76. The molecule has 2 heterocycles. The molecule has 1 unspecified atom stereocenters. The maximum absolute atomic E-state index is 12.8. The fourth-order valence-corrected chi connectivity index (χ4v) is 3.51. The number of aromatic nitrogens is 2. The second kappa shape index (κ2) is 7.84. The summed E-state index contributed by atoms with van der Waals surface area (Å²) >= 11 is 1.71. The fraction of sp³-hybridized carbons (Fsp3) is 0.444. The average Bonchev–Trinajstić information content (AvgIpc) is 3.09. The Bertz CT molecular complexity index is 736. The lowest BCUT2D eigenvalue weighted by molar-refractivity contribution is -0.141. The molecule has 1 aromatic carbocycles. The zero-order chi connectivity index (χ0) is 18.7. The second-order valence-corrected chi connectivity index (χ2v) is 7.26. The molecule has 4 nitrogen and oxygen atoms in total. The van der Waals surface area contributed by atoms with Crippen molar-refractivity contribution in [1.82, 2.24) is 14.9 Å². The fourth-order valence-electron chi connectivity index (χ4n) is 3.10. The third-order valence-corrected chi connectivity index (χ3v) is 5.35. The van der Waals surface area contributed by atoms with Gasteiger partial charge in [0.2, 0.25) is 5.95 Å². The molecule has 26 heavy (non-hydrogen) atoms. The molecular weight excluding hydrogens is 361 g/mol. The number of thioether (sulfide) groups is 1. The number of halogens is 3. The minimum absolute atomic E-state index is 0.101. The summed E-state index contributed by atoms with van der Waals surface area (Å²) in [5.41, 5.74) is 0.333. The van der Waals surface area contributed by atoms with Crippen molar-refractivity contribution in [2.24, 2.45) is 0 Å². The Morgan fingerprint density at radius 1 is 1.23 bits per heavy atom. The van der Waals surface area contributed by atoms with Crippen molar-refractivity contribution in [2.45, 2.75) is 30.1 Å². The maximum atomic E-state index is 12.8. The minimum atomic E-state index is -4.46. The molecule has 3 rings (SSSR count). The number of hydrogen-bond donors (Lipinski definition) is 0. The van der Waals surface area contributed by atoms with Crippen LogP contribution in [0.4, 0.5) is 19.1 Å². The topological polar surface area (TPSA) is 32.3 Å². The summed E-state index contributed by atoms with van der Waals surface area (Å²) in [4.78, 5) is 13.0. The van der Waals surface area contributed by atoms with Crippen LogP contribution in [0, 0.1) is 0 Å². The van der Waals surface area contributed by atoms with Crippen molar-refractivity contribution in [2.75, 3.05) is 31.3 Å². The molecule has 0 spiro atoms. The van der Waals surface area contributed by atoms with Gasteiger partial charge in [-0.1, -0.05) is 12.1 Å². The van der Waals surface area contributed by atoms with Crippen LogP contribution >= 0.6 is 11.8 Å². The van der Waals surface area contributed by atoms with E-state index in [1.165, 1.54) is 16.7 Å². The summed E-state index contributed by atoms with van der Waals surface area (Å²) < 4.78 is 38.5. The van der Waals surface area contributed by atoms with Gasteiger partial charge in [0.1, 0.15) is 5.69 Å². The Balaban J connectivity index is 1.62. The van der Waals surface area contributed by atoms with Crippen molar-refractivity contribution in [3.63, 3.8) is 0 Å². The number of likely N-dealkylation sites (tertiary alicyclic amines) is 1. The van der Waals surface area contributed by atoms with Crippen LogP contribution < -0.4 is 4.90 Å². The lowest BCUT2D eigenvalue weighted by atomic mass is 10.2. The van der Waals surface area contributed by atoms with Crippen molar-refractivity contribution in [3.05, 3.63) is 47.8 Å². The Labute approximate surface area is 155 Å². The van der Waals surface area contributed by atoms with Gasteiger partial charge >= 0.3 is 6.18 Å². The smallest absolute Gasteiger partial charge is 0.340 e. The minimum Gasteiger partial charge on any atom is -0.340 e. The average molecular weight is 382 g/mol.